The second kappa shape index (κ2) is 4.96. The molecule has 17 heavy (non-hydrogen) atoms. The van der Waals surface area contributed by atoms with Crippen LogP contribution in [0.1, 0.15) is 12.8 Å². The van der Waals surface area contributed by atoms with Gasteiger partial charge in [-0.3, -0.25) is 0 Å². The molecule has 0 aliphatic carbocycles. The van der Waals surface area contributed by atoms with Gasteiger partial charge < -0.3 is 5.32 Å². The second-order valence-electron chi connectivity index (χ2n) is 3.97. The molecule has 1 saturated heterocycles. The Labute approximate surface area is 109 Å². The number of hydrogen-bond donors (Lipinski definition) is 1. The lowest BCUT2D eigenvalue weighted by Crippen LogP contribution is -2.34. The Balaban J connectivity index is 2.13. The summed E-state index contributed by atoms with van der Waals surface area (Å²) in [4.78, 5) is 0. The summed E-state index contributed by atoms with van der Waals surface area (Å²) >= 11 is 11.5. The summed E-state index contributed by atoms with van der Waals surface area (Å²) in [5.74, 6) is 0.373. The molecule has 1 fully saturated rings. The molecule has 0 saturated carbocycles. The van der Waals surface area contributed by atoms with Crippen LogP contribution in [0.15, 0.2) is 6.07 Å². The predicted octanol–water partition coefficient (Wildman–Crippen LogP) is 1.77. The maximum Gasteiger partial charge on any atom is 0.174 e. The molecule has 0 amide bonds. The lowest BCUT2D eigenvalue weighted by molar-refractivity contribution is 0.562. The van der Waals surface area contributed by atoms with Crippen molar-refractivity contribution in [2.24, 2.45) is 0 Å². The summed E-state index contributed by atoms with van der Waals surface area (Å²) in [5.41, 5.74) is 0.522. The van der Waals surface area contributed by atoms with Crippen LogP contribution in [-0.4, -0.2) is 36.2 Å². The van der Waals surface area contributed by atoms with E-state index in [1.807, 2.05) is 0 Å². The molecule has 0 radical (unpaired) electrons. The summed E-state index contributed by atoms with van der Waals surface area (Å²) in [5, 5.41) is 10.7. The summed E-state index contributed by atoms with van der Waals surface area (Å²) in [7, 11) is -2.95. The van der Waals surface area contributed by atoms with Crippen molar-refractivity contribution in [3.8, 4) is 0 Å². The fourth-order valence-electron chi connectivity index (χ4n) is 1.81. The van der Waals surface area contributed by atoms with E-state index >= 15 is 0 Å². The molecular formula is C9H11Cl2N3O2S. The van der Waals surface area contributed by atoms with Crippen LogP contribution in [0, 0.1) is 0 Å². The van der Waals surface area contributed by atoms with Gasteiger partial charge in [-0.15, -0.1) is 10.2 Å². The first-order chi connectivity index (χ1) is 7.96. The molecule has 1 aromatic rings. The van der Waals surface area contributed by atoms with Crippen LogP contribution in [0.4, 0.5) is 5.69 Å². The summed E-state index contributed by atoms with van der Waals surface area (Å²) < 4.78 is 23.0. The fourth-order valence-corrected chi connectivity index (χ4v) is 3.74. The number of nitrogens with one attached hydrogen (secondary N) is 1. The Hall–Kier alpha value is -0.590. The van der Waals surface area contributed by atoms with Gasteiger partial charge in [-0.05, 0) is 12.8 Å². The maximum atomic E-state index is 11.5. The van der Waals surface area contributed by atoms with Crippen LogP contribution in [-0.2, 0) is 9.84 Å². The lowest BCUT2D eigenvalue weighted by atomic mass is 10.2. The van der Waals surface area contributed by atoms with E-state index in [9.17, 15) is 8.42 Å². The molecule has 5 nitrogen and oxygen atoms in total. The van der Waals surface area contributed by atoms with Crippen molar-refractivity contribution in [2.45, 2.75) is 18.9 Å². The molecular weight excluding hydrogens is 285 g/mol. The van der Waals surface area contributed by atoms with Crippen molar-refractivity contribution in [2.75, 3.05) is 16.8 Å². The third-order valence-corrected chi connectivity index (χ3v) is 4.83. The third kappa shape index (κ3) is 3.43. The van der Waals surface area contributed by atoms with Crippen molar-refractivity contribution >= 4 is 38.7 Å². The summed E-state index contributed by atoms with van der Waals surface area (Å²) in [6, 6.07) is 1.39. The normalized spacial score (nSPS) is 23.3. The van der Waals surface area contributed by atoms with Crippen LogP contribution in [0.5, 0.6) is 0 Å². The number of halogens is 2. The smallest absolute Gasteiger partial charge is 0.174 e. The fraction of sp³-hybridized carbons (Fsp3) is 0.556. The maximum absolute atomic E-state index is 11.5. The highest BCUT2D eigenvalue weighted by Crippen LogP contribution is 2.24. The zero-order valence-corrected chi connectivity index (χ0v) is 11.2. The Kier molecular flexibility index (Phi) is 3.75. The SMILES string of the molecule is O=S1(=O)CCCC(Nc2cc(Cl)nnc2Cl)C1. The van der Waals surface area contributed by atoms with E-state index in [-0.39, 0.29) is 27.9 Å². The van der Waals surface area contributed by atoms with E-state index in [2.05, 4.69) is 15.5 Å². The molecule has 94 valence electrons. The zero-order valence-electron chi connectivity index (χ0n) is 8.86. The van der Waals surface area contributed by atoms with Crippen molar-refractivity contribution in [1.29, 1.82) is 0 Å². The molecule has 1 unspecified atom stereocenters. The quantitative estimate of drug-likeness (QED) is 0.900. The highest BCUT2D eigenvalue weighted by molar-refractivity contribution is 7.91. The van der Waals surface area contributed by atoms with Gasteiger partial charge in [-0.1, -0.05) is 23.2 Å². The van der Waals surface area contributed by atoms with Gasteiger partial charge in [-0.2, -0.15) is 0 Å². The number of hydrogen-bond acceptors (Lipinski definition) is 5. The third-order valence-electron chi connectivity index (χ3n) is 2.54. The van der Waals surface area contributed by atoms with Crippen LogP contribution in [0.2, 0.25) is 10.3 Å². The molecule has 0 spiro atoms. The molecule has 0 bridgehead atoms. The largest absolute Gasteiger partial charge is 0.379 e. The minimum Gasteiger partial charge on any atom is -0.379 e. The Morgan fingerprint density at radius 2 is 2.12 bits per heavy atom. The zero-order chi connectivity index (χ0) is 12.5. The van der Waals surface area contributed by atoms with Crippen LogP contribution < -0.4 is 5.32 Å². The van der Waals surface area contributed by atoms with Gasteiger partial charge in [0.25, 0.3) is 0 Å². The predicted molar refractivity (Wildman–Crippen MR) is 67.4 cm³/mol. The van der Waals surface area contributed by atoms with Gasteiger partial charge in [-0.25, -0.2) is 8.42 Å². The van der Waals surface area contributed by atoms with E-state index in [0.717, 1.165) is 6.42 Å². The van der Waals surface area contributed by atoms with Crippen molar-refractivity contribution < 1.29 is 8.42 Å². The molecule has 1 aliphatic rings. The Morgan fingerprint density at radius 3 is 2.82 bits per heavy atom. The molecule has 0 aromatic carbocycles. The van der Waals surface area contributed by atoms with E-state index in [1.165, 1.54) is 6.07 Å². The molecule has 1 atom stereocenters. The number of aromatic nitrogens is 2. The molecule has 1 aliphatic heterocycles. The number of sulfone groups is 1. The molecule has 2 rings (SSSR count). The van der Waals surface area contributed by atoms with Gasteiger partial charge in [0.2, 0.25) is 0 Å². The number of anilines is 1. The monoisotopic (exact) mass is 295 g/mol. The Morgan fingerprint density at radius 1 is 1.35 bits per heavy atom. The van der Waals surface area contributed by atoms with Gasteiger partial charge >= 0.3 is 0 Å². The molecule has 2 heterocycles. The van der Waals surface area contributed by atoms with E-state index in [0.29, 0.717) is 12.1 Å². The second-order valence-corrected chi connectivity index (χ2v) is 6.94. The van der Waals surface area contributed by atoms with E-state index < -0.39 is 9.84 Å². The van der Waals surface area contributed by atoms with Gasteiger partial charge in [0.15, 0.2) is 20.1 Å². The highest BCUT2D eigenvalue weighted by Gasteiger charge is 2.25. The van der Waals surface area contributed by atoms with Crippen LogP contribution in [0.3, 0.4) is 0 Å². The van der Waals surface area contributed by atoms with Crippen molar-refractivity contribution in [3.05, 3.63) is 16.4 Å². The van der Waals surface area contributed by atoms with Gasteiger partial charge in [0.1, 0.15) is 0 Å². The molecule has 8 heteroatoms. The first-order valence-electron chi connectivity index (χ1n) is 5.12. The van der Waals surface area contributed by atoms with Crippen molar-refractivity contribution in [3.63, 3.8) is 0 Å². The van der Waals surface area contributed by atoms with Crippen molar-refractivity contribution in [1.82, 2.24) is 10.2 Å². The lowest BCUT2D eigenvalue weighted by Gasteiger charge is -2.24. The standard InChI is InChI=1S/C9H11Cl2N3O2S/c10-8-4-7(9(11)14-13-8)12-6-2-1-3-17(15,16)5-6/h4,6H,1-3,5H2,(H,12,13). The Bertz CT molecular complexity index is 521. The number of nitrogens with zero attached hydrogens (tertiary/aromatic N) is 2. The average molecular weight is 296 g/mol. The number of rotatable bonds is 2. The molecule has 1 N–H and O–H groups in total. The first kappa shape index (κ1) is 12.9. The molecule has 1 aromatic heterocycles. The minimum atomic E-state index is -2.95. The van der Waals surface area contributed by atoms with Crippen LogP contribution in [0.25, 0.3) is 0 Å². The highest BCUT2D eigenvalue weighted by atomic mass is 35.5. The summed E-state index contributed by atoms with van der Waals surface area (Å²) in [6.45, 7) is 0. The minimum absolute atomic E-state index is 0.114. The van der Waals surface area contributed by atoms with Gasteiger partial charge in [0, 0.05) is 12.1 Å². The van der Waals surface area contributed by atoms with Gasteiger partial charge in [0.05, 0.1) is 17.2 Å². The summed E-state index contributed by atoms with van der Waals surface area (Å²) in [6.07, 6.45) is 1.44. The van der Waals surface area contributed by atoms with Crippen LogP contribution >= 0.6 is 23.2 Å². The average Bonchev–Trinajstić information content (AvgIpc) is 2.22. The van der Waals surface area contributed by atoms with E-state index in [4.69, 9.17) is 23.2 Å². The van der Waals surface area contributed by atoms with E-state index in [1.54, 1.807) is 0 Å². The topological polar surface area (TPSA) is 72.0 Å². The first-order valence-corrected chi connectivity index (χ1v) is 7.70.